The molecule has 0 fully saturated rings. The molecule has 0 spiro atoms. The van der Waals surface area contributed by atoms with Crippen molar-refractivity contribution in [2.24, 2.45) is 0 Å². The van der Waals surface area contributed by atoms with Gasteiger partial charge in [-0.3, -0.25) is 0 Å². The molecule has 2 rings (SSSR count). The van der Waals surface area contributed by atoms with E-state index in [0.29, 0.717) is 6.04 Å². The van der Waals surface area contributed by atoms with E-state index in [-0.39, 0.29) is 0 Å². The molecule has 0 radical (unpaired) electrons. The first-order valence-electron chi connectivity index (χ1n) is 6.74. The van der Waals surface area contributed by atoms with Crippen molar-refractivity contribution in [3.63, 3.8) is 0 Å². The summed E-state index contributed by atoms with van der Waals surface area (Å²) < 4.78 is 1.13. The van der Waals surface area contributed by atoms with Crippen LogP contribution in [-0.4, -0.2) is 6.54 Å². The lowest BCUT2D eigenvalue weighted by atomic mass is 9.96. The number of likely N-dealkylation sites (N-methyl/N-ethyl adjacent to an activating group) is 1. The van der Waals surface area contributed by atoms with Crippen molar-refractivity contribution in [1.29, 1.82) is 0 Å². The van der Waals surface area contributed by atoms with Crippen LogP contribution in [-0.2, 0) is 6.42 Å². The lowest BCUT2D eigenvalue weighted by molar-refractivity contribution is 0.549. The first kappa shape index (κ1) is 14.3. The summed E-state index contributed by atoms with van der Waals surface area (Å²) in [6.45, 7) is 5.32. The summed E-state index contributed by atoms with van der Waals surface area (Å²) in [5, 5.41) is 3.58. The van der Waals surface area contributed by atoms with Crippen LogP contribution in [0.1, 0.15) is 29.7 Å². The van der Waals surface area contributed by atoms with Gasteiger partial charge in [-0.15, -0.1) is 0 Å². The third-order valence-electron chi connectivity index (χ3n) is 3.41. The number of aryl methyl sites for hydroxylation is 1. The zero-order valence-corrected chi connectivity index (χ0v) is 13.1. The molecular formula is C17H20BrN. The van der Waals surface area contributed by atoms with Gasteiger partial charge in [0.2, 0.25) is 0 Å². The summed E-state index contributed by atoms with van der Waals surface area (Å²) >= 11 is 3.49. The molecule has 0 heterocycles. The maximum absolute atomic E-state index is 3.58. The van der Waals surface area contributed by atoms with Crippen LogP contribution in [0, 0.1) is 6.92 Å². The molecule has 0 aliphatic heterocycles. The molecule has 19 heavy (non-hydrogen) atoms. The molecule has 0 saturated carbocycles. The molecule has 1 atom stereocenters. The van der Waals surface area contributed by atoms with Crippen LogP contribution in [0.3, 0.4) is 0 Å². The van der Waals surface area contributed by atoms with E-state index in [2.05, 4.69) is 83.6 Å². The normalized spacial score (nSPS) is 12.4. The molecular weight excluding hydrogens is 298 g/mol. The molecule has 2 aromatic rings. The molecule has 0 saturated heterocycles. The van der Waals surface area contributed by atoms with Crippen LogP contribution in [0.25, 0.3) is 0 Å². The quantitative estimate of drug-likeness (QED) is 0.846. The van der Waals surface area contributed by atoms with E-state index in [1.807, 2.05) is 0 Å². The second kappa shape index (κ2) is 6.88. The average molecular weight is 318 g/mol. The summed E-state index contributed by atoms with van der Waals surface area (Å²) in [6.07, 6.45) is 1.03. The van der Waals surface area contributed by atoms with Gasteiger partial charge in [-0.2, -0.15) is 0 Å². The summed E-state index contributed by atoms with van der Waals surface area (Å²) in [7, 11) is 0. The largest absolute Gasteiger partial charge is 0.310 e. The molecule has 2 heteroatoms. The third kappa shape index (κ3) is 3.92. The van der Waals surface area contributed by atoms with Gasteiger partial charge in [0.15, 0.2) is 0 Å². The van der Waals surface area contributed by atoms with Crippen molar-refractivity contribution in [2.75, 3.05) is 6.54 Å². The Morgan fingerprint density at radius 1 is 1.05 bits per heavy atom. The van der Waals surface area contributed by atoms with Crippen LogP contribution in [0.2, 0.25) is 0 Å². The first-order chi connectivity index (χ1) is 9.20. The highest BCUT2D eigenvalue weighted by Gasteiger charge is 2.12. The highest BCUT2D eigenvalue weighted by atomic mass is 79.9. The van der Waals surface area contributed by atoms with Crippen LogP contribution < -0.4 is 5.32 Å². The maximum atomic E-state index is 3.58. The van der Waals surface area contributed by atoms with Crippen LogP contribution >= 0.6 is 15.9 Å². The van der Waals surface area contributed by atoms with Gasteiger partial charge in [-0.05, 0) is 48.7 Å². The average Bonchev–Trinajstić information content (AvgIpc) is 2.42. The Hall–Kier alpha value is -1.12. The first-order valence-corrected chi connectivity index (χ1v) is 7.53. The second-order valence-electron chi connectivity index (χ2n) is 4.79. The Labute approximate surface area is 124 Å². The molecule has 0 aliphatic rings. The Morgan fingerprint density at radius 2 is 1.74 bits per heavy atom. The Morgan fingerprint density at radius 3 is 2.37 bits per heavy atom. The SMILES string of the molecule is CCNC(Cc1ccccc1C)c1ccc(Br)cc1. The van der Waals surface area contributed by atoms with Gasteiger partial charge in [0.25, 0.3) is 0 Å². The van der Waals surface area contributed by atoms with E-state index < -0.39 is 0 Å². The summed E-state index contributed by atoms with van der Waals surface area (Å²) in [5.74, 6) is 0. The van der Waals surface area contributed by atoms with Crippen LogP contribution in [0.15, 0.2) is 53.0 Å². The van der Waals surface area contributed by atoms with E-state index in [1.165, 1.54) is 16.7 Å². The van der Waals surface area contributed by atoms with Gasteiger partial charge in [0, 0.05) is 10.5 Å². The molecule has 0 amide bonds. The van der Waals surface area contributed by atoms with E-state index in [9.17, 15) is 0 Å². The molecule has 2 aromatic carbocycles. The lowest BCUT2D eigenvalue weighted by Crippen LogP contribution is -2.23. The molecule has 0 aliphatic carbocycles. The Balaban J connectivity index is 2.21. The fourth-order valence-corrected chi connectivity index (χ4v) is 2.57. The molecule has 1 nitrogen and oxygen atoms in total. The number of halogens is 1. The van der Waals surface area contributed by atoms with Gasteiger partial charge in [-0.1, -0.05) is 59.3 Å². The predicted octanol–water partition coefficient (Wildman–Crippen LogP) is 4.65. The summed E-state index contributed by atoms with van der Waals surface area (Å²) in [4.78, 5) is 0. The number of benzene rings is 2. The highest BCUT2D eigenvalue weighted by Crippen LogP contribution is 2.22. The second-order valence-corrected chi connectivity index (χ2v) is 5.71. The minimum atomic E-state index is 0.374. The third-order valence-corrected chi connectivity index (χ3v) is 3.94. The lowest BCUT2D eigenvalue weighted by Gasteiger charge is -2.19. The van der Waals surface area contributed by atoms with Crippen LogP contribution in [0.4, 0.5) is 0 Å². The number of hydrogen-bond donors (Lipinski definition) is 1. The van der Waals surface area contributed by atoms with Gasteiger partial charge < -0.3 is 5.32 Å². The molecule has 0 aromatic heterocycles. The zero-order valence-electron chi connectivity index (χ0n) is 11.5. The zero-order chi connectivity index (χ0) is 13.7. The van der Waals surface area contributed by atoms with Gasteiger partial charge in [0.05, 0.1) is 0 Å². The number of nitrogens with one attached hydrogen (secondary N) is 1. The Kier molecular flexibility index (Phi) is 5.17. The van der Waals surface area contributed by atoms with E-state index in [4.69, 9.17) is 0 Å². The summed E-state index contributed by atoms with van der Waals surface area (Å²) in [5.41, 5.74) is 4.12. The topological polar surface area (TPSA) is 12.0 Å². The molecule has 1 N–H and O–H groups in total. The smallest absolute Gasteiger partial charge is 0.0360 e. The highest BCUT2D eigenvalue weighted by molar-refractivity contribution is 9.10. The summed E-state index contributed by atoms with van der Waals surface area (Å²) in [6, 6.07) is 17.6. The predicted molar refractivity (Wildman–Crippen MR) is 85.4 cm³/mol. The number of rotatable bonds is 5. The monoisotopic (exact) mass is 317 g/mol. The van der Waals surface area contributed by atoms with Crippen molar-refractivity contribution in [3.05, 3.63) is 69.7 Å². The van der Waals surface area contributed by atoms with Crippen molar-refractivity contribution in [1.82, 2.24) is 5.32 Å². The minimum absolute atomic E-state index is 0.374. The molecule has 0 bridgehead atoms. The van der Waals surface area contributed by atoms with Crippen molar-refractivity contribution in [2.45, 2.75) is 26.3 Å². The van der Waals surface area contributed by atoms with E-state index in [1.54, 1.807) is 0 Å². The van der Waals surface area contributed by atoms with Gasteiger partial charge in [-0.25, -0.2) is 0 Å². The fraction of sp³-hybridized carbons (Fsp3) is 0.294. The minimum Gasteiger partial charge on any atom is -0.310 e. The number of hydrogen-bond acceptors (Lipinski definition) is 1. The van der Waals surface area contributed by atoms with E-state index in [0.717, 1.165) is 17.4 Å². The molecule has 1 unspecified atom stereocenters. The van der Waals surface area contributed by atoms with Crippen molar-refractivity contribution >= 4 is 15.9 Å². The maximum Gasteiger partial charge on any atom is 0.0360 e. The van der Waals surface area contributed by atoms with Crippen molar-refractivity contribution in [3.8, 4) is 0 Å². The van der Waals surface area contributed by atoms with Gasteiger partial charge >= 0.3 is 0 Å². The Bertz CT molecular complexity index is 519. The van der Waals surface area contributed by atoms with Gasteiger partial charge in [0.1, 0.15) is 0 Å². The molecule has 100 valence electrons. The van der Waals surface area contributed by atoms with Crippen LogP contribution in [0.5, 0.6) is 0 Å². The fourth-order valence-electron chi connectivity index (χ4n) is 2.31. The standard InChI is InChI=1S/C17H20BrN/c1-3-19-17(14-8-10-16(18)11-9-14)12-15-7-5-4-6-13(15)2/h4-11,17,19H,3,12H2,1-2H3. The van der Waals surface area contributed by atoms with Crippen molar-refractivity contribution < 1.29 is 0 Å². The van der Waals surface area contributed by atoms with E-state index >= 15 is 0 Å².